The van der Waals surface area contributed by atoms with E-state index in [-0.39, 0.29) is 5.56 Å². The van der Waals surface area contributed by atoms with Crippen LogP contribution in [0, 0.1) is 18.8 Å². The van der Waals surface area contributed by atoms with Gasteiger partial charge in [0.2, 0.25) is 0 Å². The molecule has 2 rings (SSSR count). The summed E-state index contributed by atoms with van der Waals surface area (Å²) < 4.78 is 0. The van der Waals surface area contributed by atoms with Gasteiger partial charge >= 0.3 is 0 Å². The van der Waals surface area contributed by atoms with Crippen molar-refractivity contribution in [1.82, 2.24) is 15.3 Å². The molecule has 0 bridgehead atoms. The Bertz CT molecular complexity index is 662. The molecule has 86 valence electrons. The van der Waals surface area contributed by atoms with E-state index in [2.05, 4.69) is 27.1 Å². The lowest BCUT2D eigenvalue weighted by Crippen LogP contribution is -2.09. The number of H-pyrrole nitrogens is 1. The Labute approximate surface area is 99.1 Å². The van der Waals surface area contributed by atoms with Crippen molar-refractivity contribution in [3.63, 3.8) is 0 Å². The molecule has 0 aliphatic carbocycles. The van der Waals surface area contributed by atoms with Crippen LogP contribution < -0.4 is 10.9 Å². The van der Waals surface area contributed by atoms with Gasteiger partial charge < -0.3 is 10.3 Å². The van der Waals surface area contributed by atoms with Crippen LogP contribution in [0.5, 0.6) is 0 Å². The third-order valence-electron chi connectivity index (χ3n) is 2.32. The second-order valence-corrected chi connectivity index (χ2v) is 3.72. The summed E-state index contributed by atoms with van der Waals surface area (Å²) in [6.07, 6.45) is 0. The van der Waals surface area contributed by atoms with Gasteiger partial charge in [0.1, 0.15) is 5.82 Å². The zero-order chi connectivity index (χ0) is 12.3. The van der Waals surface area contributed by atoms with Crippen molar-refractivity contribution in [2.75, 3.05) is 13.6 Å². The maximum Gasteiger partial charge on any atom is 0.258 e. The smallest absolute Gasteiger partial charge is 0.258 e. The van der Waals surface area contributed by atoms with E-state index in [1.165, 1.54) is 0 Å². The average molecular weight is 227 g/mol. The SMILES string of the molecule is CNCC#Cc1ccc2nc(C)[nH]c(=O)c2c1. The molecule has 0 amide bonds. The van der Waals surface area contributed by atoms with Gasteiger partial charge in [0.15, 0.2) is 0 Å². The maximum absolute atomic E-state index is 11.7. The number of hydrogen-bond acceptors (Lipinski definition) is 3. The fraction of sp³-hybridized carbons (Fsp3) is 0.231. The van der Waals surface area contributed by atoms with Crippen LogP contribution in [-0.2, 0) is 0 Å². The first kappa shape index (κ1) is 11.4. The summed E-state index contributed by atoms with van der Waals surface area (Å²) in [7, 11) is 1.84. The summed E-state index contributed by atoms with van der Waals surface area (Å²) in [6.45, 7) is 2.39. The minimum Gasteiger partial charge on any atom is -0.310 e. The first-order chi connectivity index (χ1) is 8.20. The number of benzene rings is 1. The summed E-state index contributed by atoms with van der Waals surface area (Å²) in [5.41, 5.74) is 1.40. The number of aromatic nitrogens is 2. The van der Waals surface area contributed by atoms with Crippen molar-refractivity contribution >= 4 is 10.9 Å². The second-order valence-electron chi connectivity index (χ2n) is 3.72. The molecule has 0 spiro atoms. The highest BCUT2D eigenvalue weighted by Crippen LogP contribution is 2.09. The molecule has 0 radical (unpaired) electrons. The van der Waals surface area contributed by atoms with E-state index in [4.69, 9.17) is 0 Å². The predicted octanol–water partition coefficient (Wildman–Crippen LogP) is 0.802. The third kappa shape index (κ3) is 2.52. The van der Waals surface area contributed by atoms with Crippen molar-refractivity contribution < 1.29 is 0 Å². The lowest BCUT2D eigenvalue weighted by Gasteiger charge is -1.98. The van der Waals surface area contributed by atoms with Crippen LogP contribution in [0.25, 0.3) is 10.9 Å². The van der Waals surface area contributed by atoms with E-state index in [0.29, 0.717) is 23.3 Å². The summed E-state index contributed by atoms with van der Waals surface area (Å²) in [6, 6.07) is 5.46. The molecule has 0 saturated heterocycles. The summed E-state index contributed by atoms with van der Waals surface area (Å²) in [4.78, 5) is 18.7. The number of nitrogens with zero attached hydrogens (tertiary/aromatic N) is 1. The van der Waals surface area contributed by atoms with Crippen LogP contribution >= 0.6 is 0 Å². The van der Waals surface area contributed by atoms with E-state index in [0.717, 1.165) is 5.56 Å². The Morgan fingerprint density at radius 3 is 3.06 bits per heavy atom. The van der Waals surface area contributed by atoms with Gasteiger partial charge in [-0.15, -0.1) is 0 Å². The molecule has 0 aliphatic heterocycles. The fourth-order valence-electron chi connectivity index (χ4n) is 1.57. The Kier molecular flexibility index (Phi) is 3.22. The first-order valence-electron chi connectivity index (χ1n) is 5.35. The highest BCUT2D eigenvalue weighted by molar-refractivity contribution is 5.79. The van der Waals surface area contributed by atoms with E-state index < -0.39 is 0 Å². The lowest BCUT2D eigenvalue weighted by molar-refractivity contribution is 0.938. The highest BCUT2D eigenvalue weighted by atomic mass is 16.1. The lowest BCUT2D eigenvalue weighted by atomic mass is 10.1. The van der Waals surface area contributed by atoms with Crippen LogP contribution in [-0.4, -0.2) is 23.6 Å². The molecule has 4 heteroatoms. The van der Waals surface area contributed by atoms with Crippen molar-refractivity contribution in [3.05, 3.63) is 39.9 Å². The molecule has 1 heterocycles. The standard InChI is InChI=1S/C13H13N3O/c1-9-15-12-6-5-10(4-3-7-14-2)8-11(12)13(17)16-9/h5-6,8,14H,7H2,1-2H3,(H,15,16,17). The average Bonchev–Trinajstić information content (AvgIpc) is 2.30. The minimum atomic E-state index is -0.121. The normalized spacial score (nSPS) is 10.0. The second kappa shape index (κ2) is 4.81. The molecule has 1 aromatic heterocycles. The Hall–Kier alpha value is -2.12. The molecule has 2 aromatic rings. The summed E-state index contributed by atoms with van der Waals surface area (Å²) in [5.74, 6) is 6.56. The van der Waals surface area contributed by atoms with Gasteiger partial charge in [0, 0.05) is 5.56 Å². The Balaban J connectivity index is 2.52. The van der Waals surface area contributed by atoms with Gasteiger partial charge in [0.25, 0.3) is 5.56 Å². The van der Waals surface area contributed by atoms with Crippen LogP contribution in [0.1, 0.15) is 11.4 Å². The van der Waals surface area contributed by atoms with Crippen molar-refractivity contribution in [1.29, 1.82) is 0 Å². The number of fused-ring (bicyclic) bond motifs is 1. The first-order valence-corrected chi connectivity index (χ1v) is 5.35. The minimum absolute atomic E-state index is 0.121. The number of hydrogen-bond donors (Lipinski definition) is 2. The molecular formula is C13H13N3O. The molecular weight excluding hydrogens is 214 g/mol. The van der Waals surface area contributed by atoms with E-state index >= 15 is 0 Å². The van der Waals surface area contributed by atoms with Gasteiger partial charge in [-0.2, -0.15) is 0 Å². The molecule has 0 atom stereocenters. The van der Waals surface area contributed by atoms with Gasteiger partial charge in [-0.05, 0) is 32.2 Å². The molecule has 0 saturated carbocycles. The van der Waals surface area contributed by atoms with Crippen LogP contribution in [0.15, 0.2) is 23.0 Å². The number of aryl methyl sites for hydroxylation is 1. The van der Waals surface area contributed by atoms with Crippen LogP contribution in [0.2, 0.25) is 0 Å². The van der Waals surface area contributed by atoms with E-state index in [1.54, 1.807) is 13.0 Å². The summed E-state index contributed by atoms with van der Waals surface area (Å²) >= 11 is 0. The monoisotopic (exact) mass is 227 g/mol. The van der Waals surface area contributed by atoms with Gasteiger partial charge in [-0.1, -0.05) is 11.8 Å². The van der Waals surface area contributed by atoms with E-state index in [1.807, 2.05) is 19.2 Å². The molecule has 0 unspecified atom stereocenters. The zero-order valence-corrected chi connectivity index (χ0v) is 9.79. The number of nitrogens with one attached hydrogen (secondary N) is 2. The van der Waals surface area contributed by atoms with Crippen LogP contribution in [0.3, 0.4) is 0 Å². The zero-order valence-electron chi connectivity index (χ0n) is 9.79. The van der Waals surface area contributed by atoms with Crippen molar-refractivity contribution in [2.24, 2.45) is 0 Å². The molecule has 1 aromatic carbocycles. The van der Waals surface area contributed by atoms with Crippen molar-refractivity contribution in [3.8, 4) is 11.8 Å². The van der Waals surface area contributed by atoms with Gasteiger partial charge in [0.05, 0.1) is 17.4 Å². The number of rotatable bonds is 1. The molecule has 0 aliphatic rings. The molecule has 4 nitrogen and oxygen atoms in total. The fourth-order valence-corrected chi connectivity index (χ4v) is 1.57. The Morgan fingerprint density at radius 1 is 1.47 bits per heavy atom. The Morgan fingerprint density at radius 2 is 2.29 bits per heavy atom. The van der Waals surface area contributed by atoms with Crippen LogP contribution in [0.4, 0.5) is 0 Å². The highest BCUT2D eigenvalue weighted by Gasteiger charge is 2.01. The predicted molar refractivity (Wildman–Crippen MR) is 67.9 cm³/mol. The number of aromatic amines is 1. The maximum atomic E-state index is 11.7. The largest absolute Gasteiger partial charge is 0.310 e. The summed E-state index contributed by atoms with van der Waals surface area (Å²) in [5, 5.41) is 3.52. The van der Waals surface area contributed by atoms with Gasteiger partial charge in [-0.25, -0.2) is 4.98 Å². The molecule has 17 heavy (non-hydrogen) atoms. The molecule has 0 fully saturated rings. The molecule has 2 N–H and O–H groups in total. The third-order valence-corrected chi connectivity index (χ3v) is 2.32. The van der Waals surface area contributed by atoms with Crippen molar-refractivity contribution in [2.45, 2.75) is 6.92 Å². The van der Waals surface area contributed by atoms with Gasteiger partial charge in [-0.3, -0.25) is 4.79 Å². The topological polar surface area (TPSA) is 57.8 Å². The quantitative estimate of drug-likeness (QED) is 0.709. The van der Waals surface area contributed by atoms with E-state index in [9.17, 15) is 4.79 Å².